The number of aryl methyl sites for hydroxylation is 3. The molecule has 0 aliphatic carbocycles. The molecule has 3 aromatic heterocycles. The van der Waals surface area contributed by atoms with Crippen molar-refractivity contribution >= 4 is 28.6 Å². The SMILES string of the molecule is Cc1ccc(=O)n(CC(=O)NC(Cc2ccsc2)c2nc(C)c(C)s2)n1. The molecule has 0 aromatic carbocycles. The van der Waals surface area contributed by atoms with Crippen LogP contribution in [0.15, 0.2) is 33.8 Å². The summed E-state index contributed by atoms with van der Waals surface area (Å²) in [4.78, 5) is 30.2. The number of amides is 1. The van der Waals surface area contributed by atoms with E-state index < -0.39 is 0 Å². The van der Waals surface area contributed by atoms with E-state index in [0.29, 0.717) is 12.1 Å². The van der Waals surface area contributed by atoms with Gasteiger partial charge in [-0.3, -0.25) is 9.59 Å². The maximum absolute atomic E-state index is 12.5. The van der Waals surface area contributed by atoms with E-state index in [1.54, 1.807) is 35.7 Å². The van der Waals surface area contributed by atoms with Crippen molar-refractivity contribution < 1.29 is 4.79 Å². The molecule has 1 unspecified atom stereocenters. The average molecular weight is 389 g/mol. The Morgan fingerprint density at radius 3 is 2.73 bits per heavy atom. The van der Waals surface area contributed by atoms with Gasteiger partial charge in [-0.2, -0.15) is 16.4 Å². The molecular formula is C18H20N4O2S2. The van der Waals surface area contributed by atoms with Crippen LogP contribution in [0, 0.1) is 20.8 Å². The number of hydrogen-bond donors (Lipinski definition) is 1. The summed E-state index contributed by atoms with van der Waals surface area (Å²) in [6.07, 6.45) is 0.664. The molecule has 3 heterocycles. The average Bonchev–Trinajstić information content (AvgIpc) is 3.21. The van der Waals surface area contributed by atoms with E-state index in [9.17, 15) is 9.59 Å². The molecule has 0 saturated heterocycles. The molecule has 3 aromatic rings. The lowest BCUT2D eigenvalue weighted by molar-refractivity contribution is -0.122. The second kappa shape index (κ2) is 7.92. The van der Waals surface area contributed by atoms with Crippen LogP contribution in [0.5, 0.6) is 0 Å². The predicted octanol–water partition coefficient (Wildman–Crippen LogP) is 2.79. The van der Waals surface area contributed by atoms with Crippen LogP contribution >= 0.6 is 22.7 Å². The molecule has 0 bridgehead atoms. The van der Waals surface area contributed by atoms with Crippen LogP contribution in [-0.2, 0) is 17.8 Å². The van der Waals surface area contributed by atoms with Crippen molar-refractivity contribution in [1.82, 2.24) is 20.1 Å². The summed E-state index contributed by atoms with van der Waals surface area (Å²) in [7, 11) is 0. The van der Waals surface area contributed by atoms with Gasteiger partial charge in [-0.1, -0.05) is 0 Å². The number of aromatic nitrogens is 3. The van der Waals surface area contributed by atoms with Gasteiger partial charge in [0, 0.05) is 17.4 Å². The third-order valence-electron chi connectivity index (χ3n) is 3.99. The van der Waals surface area contributed by atoms with Gasteiger partial charge >= 0.3 is 0 Å². The molecule has 8 heteroatoms. The second-order valence-electron chi connectivity index (χ2n) is 6.12. The van der Waals surface area contributed by atoms with Crippen LogP contribution in [0.1, 0.15) is 32.9 Å². The molecule has 1 atom stereocenters. The molecular weight excluding hydrogens is 368 g/mol. The Kier molecular flexibility index (Phi) is 5.63. The van der Waals surface area contributed by atoms with Gasteiger partial charge in [0.05, 0.1) is 17.4 Å². The Morgan fingerprint density at radius 1 is 1.27 bits per heavy atom. The van der Waals surface area contributed by atoms with Crippen LogP contribution in [0.3, 0.4) is 0 Å². The highest BCUT2D eigenvalue weighted by Crippen LogP contribution is 2.26. The minimum atomic E-state index is -0.291. The molecule has 26 heavy (non-hydrogen) atoms. The molecule has 6 nitrogen and oxygen atoms in total. The van der Waals surface area contributed by atoms with Gasteiger partial charge in [-0.15, -0.1) is 11.3 Å². The van der Waals surface area contributed by atoms with E-state index >= 15 is 0 Å². The largest absolute Gasteiger partial charge is 0.345 e. The Morgan fingerprint density at radius 2 is 2.08 bits per heavy atom. The van der Waals surface area contributed by atoms with Crippen molar-refractivity contribution in [2.24, 2.45) is 0 Å². The van der Waals surface area contributed by atoms with Crippen LogP contribution in [0.25, 0.3) is 0 Å². The summed E-state index contributed by atoms with van der Waals surface area (Å²) in [5.74, 6) is -0.254. The lowest BCUT2D eigenvalue weighted by Crippen LogP contribution is -2.36. The van der Waals surface area contributed by atoms with Crippen molar-refractivity contribution in [2.75, 3.05) is 0 Å². The topological polar surface area (TPSA) is 76.9 Å². The number of nitrogens with zero attached hydrogens (tertiary/aromatic N) is 3. The number of carbonyl (C=O) groups excluding carboxylic acids is 1. The summed E-state index contributed by atoms with van der Waals surface area (Å²) in [5, 5.41) is 12.1. The summed E-state index contributed by atoms with van der Waals surface area (Å²) in [6.45, 7) is 5.67. The molecule has 0 radical (unpaired) electrons. The van der Waals surface area contributed by atoms with Gasteiger partial charge in [0.1, 0.15) is 11.6 Å². The first-order chi connectivity index (χ1) is 12.4. The van der Waals surface area contributed by atoms with E-state index in [0.717, 1.165) is 21.1 Å². The zero-order valence-electron chi connectivity index (χ0n) is 14.9. The van der Waals surface area contributed by atoms with Crippen molar-refractivity contribution in [3.63, 3.8) is 0 Å². The van der Waals surface area contributed by atoms with Crippen molar-refractivity contribution in [1.29, 1.82) is 0 Å². The Labute approximate surface area is 159 Å². The van der Waals surface area contributed by atoms with E-state index in [1.807, 2.05) is 25.3 Å². The number of thiazole rings is 1. The zero-order valence-corrected chi connectivity index (χ0v) is 16.5. The number of thiophene rings is 1. The number of hydrogen-bond acceptors (Lipinski definition) is 6. The Hall–Kier alpha value is -2.32. The van der Waals surface area contributed by atoms with Crippen LogP contribution < -0.4 is 10.9 Å². The first kappa shape index (κ1) is 18.5. The summed E-state index contributed by atoms with van der Waals surface area (Å²) >= 11 is 3.22. The fourth-order valence-corrected chi connectivity index (χ4v) is 4.19. The minimum absolute atomic E-state index is 0.107. The van der Waals surface area contributed by atoms with Gasteiger partial charge in [0.25, 0.3) is 5.56 Å². The zero-order chi connectivity index (χ0) is 18.7. The van der Waals surface area contributed by atoms with Gasteiger partial charge < -0.3 is 5.32 Å². The molecule has 3 rings (SSSR count). The highest BCUT2D eigenvalue weighted by atomic mass is 32.1. The Balaban J connectivity index is 1.79. The first-order valence-electron chi connectivity index (χ1n) is 8.21. The first-order valence-corrected chi connectivity index (χ1v) is 9.97. The summed E-state index contributed by atoms with van der Waals surface area (Å²) in [5.41, 5.74) is 2.53. The summed E-state index contributed by atoms with van der Waals surface area (Å²) in [6, 6.07) is 4.88. The van der Waals surface area contributed by atoms with Crippen LogP contribution in [-0.4, -0.2) is 20.7 Å². The highest BCUT2D eigenvalue weighted by Gasteiger charge is 2.20. The van der Waals surface area contributed by atoms with Crippen molar-refractivity contribution in [2.45, 2.75) is 39.8 Å². The van der Waals surface area contributed by atoms with Gasteiger partial charge in [0.2, 0.25) is 5.91 Å². The predicted molar refractivity (Wildman–Crippen MR) is 104 cm³/mol. The fourth-order valence-electron chi connectivity index (χ4n) is 2.53. The molecule has 1 amide bonds. The monoisotopic (exact) mass is 388 g/mol. The smallest absolute Gasteiger partial charge is 0.267 e. The van der Waals surface area contributed by atoms with E-state index in [2.05, 4.69) is 20.8 Å². The molecule has 0 aliphatic rings. The molecule has 0 saturated carbocycles. The van der Waals surface area contributed by atoms with Crippen molar-refractivity contribution in [3.8, 4) is 0 Å². The molecule has 1 N–H and O–H groups in total. The van der Waals surface area contributed by atoms with Crippen LogP contribution in [0.4, 0.5) is 0 Å². The summed E-state index contributed by atoms with van der Waals surface area (Å²) < 4.78 is 1.19. The highest BCUT2D eigenvalue weighted by molar-refractivity contribution is 7.11. The lowest BCUT2D eigenvalue weighted by atomic mass is 10.1. The van der Waals surface area contributed by atoms with E-state index in [-0.39, 0.29) is 24.1 Å². The maximum atomic E-state index is 12.5. The van der Waals surface area contributed by atoms with Gasteiger partial charge in [-0.25, -0.2) is 9.67 Å². The third-order valence-corrected chi connectivity index (χ3v) is 5.91. The normalized spacial score (nSPS) is 12.1. The molecule has 0 spiro atoms. The van der Waals surface area contributed by atoms with Gasteiger partial charge in [0.15, 0.2) is 0 Å². The number of rotatable bonds is 6. The minimum Gasteiger partial charge on any atom is -0.345 e. The lowest BCUT2D eigenvalue weighted by Gasteiger charge is -2.16. The Bertz CT molecular complexity index is 940. The van der Waals surface area contributed by atoms with E-state index in [1.165, 1.54) is 10.7 Å². The fraction of sp³-hybridized carbons (Fsp3) is 0.333. The quantitative estimate of drug-likeness (QED) is 0.704. The van der Waals surface area contributed by atoms with E-state index in [4.69, 9.17) is 0 Å². The van der Waals surface area contributed by atoms with Crippen molar-refractivity contribution in [3.05, 3.63) is 66.1 Å². The second-order valence-corrected chi connectivity index (χ2v) is 8.13. The van der Waals surface area contributed by atoms with Gasteiger partial charge in [-0.05, 0) is 49.2 Å². The molecule has 0 fully saturated rings. The maximum Gasteiger partial charge on any atom is 0.267 e. The number of nitrogens with one attached hydrogen (secondary N) is 1. The van der Waals surface area contributed by atoms with Crippen LogP contribution in [0.2, 0.25) is 0 Å². The third kappa shape index (κ3) is 4.44. The number of carbonyl (C=O) groups is 1. The molecule has 0 aliphatic heterocycles. The molecule has 136 valence electrons. The standard InChI is InChI=1S/C18H20N4O2S2/c1-11-4-5-17(24)22(21-11)9-16(23)20-15(8-14-6-7-25-10-14)18-19-12(2)13(3)26-18/h4-7,10,15H,8-9H2,1-3H3,(H,20,23).